The predicted molar refractivity (Wildman–Crippen MR) is 211 cm³/mol. The van der Waals surface area contributed by atoms with E-state index in [9.17, 15) is 19.5 Å². The molecule has 1 aromatic heterocycles. The molecule has 3 amide bonds. The van der Waals surface area contributed by atoms with Crippen LogP contribution in [0.5, 0.6) is 0 Å². The summed E-state index contributed by atoms with van der Waals surface area (Å²) in [4.78, 5) is 46.5. The van der Waals surface area contributed by atoms with Gasteiger partial charge in [0.2, 0.25) is 11.8 Å². The highest BCUT2D eigenvalue weighted by molar-refractivity contribution is 14.1. The van der Waals surface area contributed by atoms with Gasteiger partial charge < -0.3 is 10.4 Å². The Labute approximate surface area is 316 Å². The summed E-state index contributed by atoms with van der Waals surface area (Å²) < 4.78 is 0.329. The standard InChI is InChI=1S/C43H39IN4O4/c44-29-39(49)35(27-30-15-5-1-6-16-30)36(41(51)47-48-42(52)38-26-25-31-17-13-14-24-37(31)45-38)28-40(50)46-43(32-18-7-2-8-19-32,33-20-9-3-10-21-33)34-22-11-4-12-23-34/h1-26,35-36,39,49H,27-29H2,(H,46,50)(H,47,51)(H,48,52)/t35-,36?,39+/m0/s1. The van der Waals surface area contributed by atoms with Gasteiger partial charge in [0.15, 0.2) is 0 Å². The third-order valence-corrected chi connectivity index (χ3v) is 10.2. The van der Waals surface area contributed by atoms with Gasteiger partial charge >= 0.3 is 0 Å². The van der Waals surface area contributed by atoms with Gasteiger partial charge in [-0.1, -0.05) is 168 Å². The lowest BCUT2D eigenvalue weighted by Gasteiger charge is -2.38. The first-order valence-electron chi connectivity index (χ1n) is 17.1. The molecule has 6 rings (SSSR count). The van der Waals surface area contributed by atoms with Crippen LogP contribution in [-0.4, -0.2) is 38.3 Å². The number of amides is 3. The summed E-state index contributed by atoms with van der Waals surface area (Å²) in [5.41, 5.74) is 8.15. The molecule has 5 aromatic carbocycles. The molecule has 9 heteroatoms. The average Bonchev–Trinajstić information content (AvgIpc) is 3.21. The van der Waals surface area contributed by atoms with Crippen molar-refractivity contribution < 1.29 is 19.5 Å². The Hall–Kier alpha value is -5.39. The van der Waals surface area contributed by atoms with Crippen LogP contribution in [0, 0.1) is 11.8 Å². The number of carbonyl (C=O) groups is 3. The maximum atomic E-state index is 14.6. The highest BCUT2D eigenvalue weighted by Crippen LogP contribution is 2.37. The monoisotopic (exact) mass is 802 g/mol. The van der Waals surface area contributed by atoms with Crippen molar-refractivity contribution >= 4 is 51.2 Å². The van der Waals surface area contributed by atoms with E-state index in [4.69, 9.17) is 0 Å². The van der Waals surface area contributed by atoms with Gasteiger partial charge in [0.05, 0.1) is 17.5 Å². The minimum atomic E-state index is -1.10. The molecule has 6 aromatic rings. The second-order valence-corrected chi connectivity index (χ2v) is 13.5. The zero-order valence-electron chi connectivity index (χ0n) is 28.4. The number of pyridine rings is 1. The quantitative estimate of drug-likeness (QED) is 0.0445. The molecule has 52 heavy (non-hydrogen) atoms. The molecule has 0 bridgehead atoms. The molecule has 3 atom stereocenters. The number of aliphatic hydroxyl groups is 1. The first-order chi connectivity index (χ1) is 25.4. The van der Waals surface area contributed by atoms with Crippen molar-refractivity contribution in [3.63, 3.8) is 0 Å². The highest BCUT2D eigenvalue weighted by atomic mass is 127. The van der Waals surface area contributed by atoms with Crippen LogP contribution < -0.4 is 16.2 Å². The molecule has 0 aliphatic heterocycles. The Morgan fingerprint density at radius 3 is 1.73 bits per heavy atom. The first kappa shape index (κ1) is 36.4. The molecule has 0 aliphatic rings. The fraction of sp³-hybridized carbons (Fsp3) is 0.163. The summed E-state index contributed by atoms with van der Waals surface area (Å²) in [7, 11) is 0. The predicted octanol–water partition coefficient (Wildman–Crippen LogP) is 6.77. The van der Waals surface area contributed by atoms with Crippen LogP contribution in [0.4, 0.5) is 0 Å². The number of nitrogens with one attached hydrogen (secondary N) is 3. The summed E-state index contributed by atoms with van der Waals surface area (Å²) in [6.45, 7) is 0. The molecular formula is C43H39IN4O4. The molecule has 1 heterocycles. The third kappa shape index (κ3) is 8.38. The van der Waals surface area contributed by atoms with E-state index in [1.54, 1.807) is 18.2 Å². The van der Waals surface area contributed by atoms with Gasteiger partial charge in [0.1, 0.15) is 11.2 Å². The van der Waals surface area contributed by atoms with Gasteiger partial charge in [-0.3, -0.25) is 25.2 Å². The van der Waals surface area contributed by atoms with Crippen LogP contribution >= 0.6 is 22.6 Å². The summed E-state index contributed by atoms with van der Waals surface area (Å²) >= 11 is 2.09. The number of hydrogen-bond acceptors (Lipinski definition) is 5. The molecule has 0 spiro atoms. The molecule has 8 nitrogen and oxygen atoms in total. The molecule has 0 fully saturated rings. The minimum Gasteiger partial charge on any atom is -0.392 e. The second kappa shape index (κ2) is 17.2. The number of fused-ring (bicyclic) bond motifs is 1. The molecule has 0 saturated heterocycles. The van der Waals surface area contributed by atoms with Crippen molar-refractivity contribution in [3.8, 4) is 0 Å². The number of para-hydroxylation sites is 1. The van der Waals surface area contributed by atoms with E-state index in [1.165, 1.54) is 0 Å². The largest absolute Gasteiger partial charge is 0.392 e. The molecule has 0 radical (unpaired) electrons. The van der Waals surface area contributed by atoms with Crippen molar-refractivity contribution in [2.75, 3.05) is 4.43 Å². The van der Waals surface area contributed by atoms with E-state index in [1.807, 2.05) is 140 Å². The van der Waals surface area contributed by atoms with Crippen LogP contribution in [-0.2, 0) is 21.5 Å². The number of aliphatic hydroxyl groups excluding tert-OH is 1. The summed E-state index contributed by atoms with van der Waals surface area (Å²) in [5, 5.41) is 15.6. The summed E-state index contributed by atoms with van der Waals surface area (Å²) in [6.07, 6.45) is -0.864. The van der Waals surface area contributed by atoms with Crippen molar-refractivity contribution in [1.82, 2.24) is 21.2 Å². The number of carbonyl (C=O) groups excluding carboxylic acids is 3. The fourth-order valence-electron chi connectivity index (χ4n) is 6.69. The normalized spacial score (nSPS) is 13.0. The topological polar surface area (TPSA) is 120 Å². The summed E-state index contributed by atoms with van der Waals surface area (Å²) in [5.74, 6) is -3.31. The molecule has 1 unspecified atom stereocenters. The van der Waals surface area contributed by atoms with E-state index in [0.717, 1.165) is 27.6 Å². The van der Waals surface area contributed by atoms with Crippen molar-refractivity contribution in [2.45, 2.75) is 24.5 Å². The minimum absolute atomic E-state index is 0.125. The van der Waals surface area contributed by atoms with Crippen LogP contribution in [0.2, 0.25) is 0 Å². The van der Waals surface area contributed by atoms with E-state index in [2.05, 4.69) is 43.7 Å². The number of nitrogens with zero attached hydrogens (tertiary/aromatic N) is 1. The molecule has 4 N–H and O–H groups in total. The Kier molecular flexibility index (Phi) is 12.1. The van der Waals surface area contributed by atoms with E-state index in [-0.39, 0.29) is 12.1 Å². The van der Waals surface area contributed by atoms with Crippen LogP contribution in [0.3, 0.4) is 0 Å². The van der Waals surface area contributed by atoms with Crippen molar-refractivity contribution in [2.24, 2.45) is 11.8 Å². The Bertz CT molecular complexity index is 2000. The first-order valence-corrected chi connectivity index (χ1v) is 18.6. The SMILES string of the molecule is O=C(CC(C(=O)NNC(=O)c1ccc2ccccc2n1)[C@H](Cc1ccccc1)[C@H](O)CI)NC(c1ccccc1)(c1ccccc1)c1ccccc1. The number of hydrazine groups is 1. The molecule has 0 saturated carbocycles. The lowest BCUT2D eigenvalue weighted by molar-refractivity contribution is -0.134. The van der Waals surface area contributed by atoms with Crippen LogP contribution in [0.1, 0.15) is 39.2 Å². The highest BCUT2D eigenvalue weighted by Gasteiger charge is 2.41. The molecular weight excluding hydrogens is 763 g/mol. The number of aromatic nitrogens is 1. The van der Waals surface area contributed by atoms with Gasteiger partial charge in [-0.15, -0.1) is 0 Å². The van der Waals surface area contributed by atoms with Gasteiger partial charge in [-0.25, -0.2) is 4.98 Å². The number of alkyl halides is 1. The number of hydrogen-bond donors (Lipinski definition) is 4. The number of rotatable bonds is 13. The van der Waals surface area contributed by atoms with Crippen molar-refractivity contribution in [1.29, 1.82) is 0 Å². The van der Waals surface area contributed by atoms with Gasteiger partial charge in [0.25, 0.3) is 5.91 Å². The zero-order chi connectivity index (χ0) is 36.3. The van der Waals surface area contributed by atoms with Gasteiger partial charge in [-0.05, 0) is 40.8 Å². The smallest absolute Gasteiger partial charge is 0.288 e. The Morgan fingerprint density at radius 1 is 0.654 bits per heavy atom. The lowest BCUT2D eigenvalue weighted by atomic mass is 9.76. The molecule has 262 valence electrons. The average molecular weight is 803 g/mol. The second-order valence-electron chi connectivity index (χ2n) is 12.6. The van der Waals surface area contributed by atoms with Gasteiger partial charge in [-0.2, -0.15) is 0 Å². The Morgan fingerprint density at radius 2 is 1.17 bits per heavy atom. The third-order valence-electron chi connectivity index (χ3n) is 9.30. The Balaban J connectivity index is 1.34. The lowest BCUT2D eigenvalue weighted by Crippen LogP contribution is -2.52. The fourth-order valence-corrected chi connectivity index (χ4v) is 7.35. The van der Waals surface area contributed by atoms with Crippen LogP contribution in [0.25, 0.3) is 10.9 Å². The van der Waals surface area contributed by atoms with Gasteiger partial charge in [0, 0.05) is 22.2 Å². The van der Waals surface area contributed by atoms with E-state index >= 15 is 0 Å². The van der Waals surface area contributed by atoms with Crippen molar-refractivity contribution in [3.05, 3.63) is 186 Å². The zero-order valence-corrected chi connectivity index (χ0v) is 30.5. The summed E-state index contributed by atoms with van der Waals surface area (Å²) in [6, 6.07) is 49.5. The maximum Gasteiger partial charge on any atom is 0.288 e. The number of halogens is 1. The molecule has 0 aliphatic carbocycles. The van der Waals surface area contributed by atoms with E-state index < -0.39 is 41.2 Å². The van der Waals surface area contributed by atoms with Crippen LogP contribution in [0.15, 0.2) is 158 Å². The number of benzene rings is 5. The van der Waals surface area contributed by atoms with E-state index in [0.29, 0.717) is 16.4 Å². The maximum absolute atomic E-state index is 14.6.